The largest absolute Gasteiger partial charge is 0.497 e. The van der Waals surface area contributed by atoms with Gasteiger partial charge in [-0.1, -0.05) is 114 Å². The van der Waals surface area contributed by atoms with Gasteiger partial charge in [0.15, 0.2) is 14.1 Å². The van der Waals surface area contributed by atoms with Gasteiger partial charge < -0.3 is 47.1 Å². The lowest BCUT2D eigenvalue weighted by molar-refractivity contribution is -0.285. The molecule has 66 heavy (non-hydrogen) atoms. The fourth-order valence-electron chi connectivity index (χ4n) is 9.04. The summed E-state index contributed by atoms with van der Waals surface area (Å²) in [7, 11) is 0.960. The Kier molecular flexibility index (Phi) is 19.8. The van der Waals surface area contributed by atoms with Crippen molar-refractivity contribution in [1.82, 2.24) is 0 Å². The van der Waals surface area contributed by atoms with Gasteiger partial charge in [0.05, 0.1) is 69.2 Å². The molecule has 3 heterocycles. The molecule has 0 amide bonds. The lowest BCUT2D eigenvalue weighted by Gasteiger charge is -2.48. The van der Waals surface area contributed by atoms with Crippen LogP contribution in [-0.2, 0) is 60.4 Å². The molecule has 0 aliphatic carbocycles. The van der Waals surface area contributed by atoms with Crippen molar-refractivity contribution in [2.45, 2.75) is 192 Å². The molecule has 2 aromatic carbocycles. The summed E-state index contributed by atoms with van der Waals surface area (Å²) in [4.78, 5) is 25.7. The van der Waals surface area contributed by atoms with Crippen LogP contribution in [0.4, 0.5) is 0 Å². The molecule has 0 saturated carbocycles. The molecule has 3 aliphatic heterocycles. The summed E-state index contributed by atoms with van der Waals surface area (Å²) < 4.78 is 57.2. The summed E-state index contributed by atoms with van der Waals surface area (Å²) in [6.45, 7) is 26.9. The summed E-state index contributed by atoms with van der Waals surface area (Å²) in [6.07, 6.45) is 9.02. The third-order valence-electron chi connectivity index (χ3n) is 13.9. The van der Waals surface area contributed by atoms with Crippen LogP contribution >= 0.6 is 0 Å². The quantitative estimate of drug-likeness (QED) is 0.0329. The van der Waals surface area contributed by atoms with Gasteiger partial charge in [-0.25, -0.2) is 0 Å². The Bertz CT molecular complexity index is 1890. The average molecular weight is 933 g/mol. The van der Waals surface area contributed by atoms with E-state index in [-0.39, 0.29) is 72.9 Å². The van der Waals surface area contributed by atoms with Crippen LogP contribution in [0.25, 0.3) is 0 Å². The van der Waals surface area contributed by atoms with Crippen LogP contribution in [0.1, 0.15) is 117 Å². The minimum atomic E-state index is -2.24. The Morgan fingerprint density at radius 3 is 2.14 bits per heavy atom. The topological polar surface area (TPSA) is 117 Å². The molecule has 12 heteroatoms. The van der Waals surface area contributed by atoms with Gasteiger partial charge in [-0.05, 0) is 80.4 Å². The Labute approximate surface area is 397 Å². The first-order chi connectivity index (χ1) is 31.3. The number of benzene rings is 2. The van der Waals surface area contributed by atoms with Crippen LogP contribution in [0.5, 0.6) is 5.75 Å². The number of ether oxygens (including phenoxy) is 8. The van der Waals surface area contributed by atoms with Crippen molar-refractivity contribution in [2.75, 3.05) is 21.0 Å². The van der Waals surface area contributed by atoms with Crippen LogP contribution in [0.2, 0.25) is 18.1 Å². The van der Waals surface area contributed by atoms with Gasteiger partial charge in [0.25, 0.3) is 0 Å². The third-order valence-corrected chi connectivity index (χ3v) is 18.4. The second kappa shape index (κ2) is 24.3. The molecule has 0 radical (unpaired) electrons. The van der Waals surface area contributed by atoms with Crippen LogP contribution in [0.15, 0.2) is 91.1 Å². The molecule has 3 fully saturated rings. The van der Waals surface area contributed by atoms with Gasteiger partial charge in [0, 0.05) is 44.6 Å². The first-order valence-electron chi connectivity index (χ1n) is 24.0. The molecule has 3 saturated heterocycles. The van der Waals surface area contributed by atoms with E-state index in [0.717, 1.165) is 53.6 Å². The summed E-state index contributed by atoms with van der Waals surface area (Å²) in [5, 5.41) is -0.0247. The molecule has 0 spiro atoms. The highest BCUT2D eigenvalue weighted by molar-refractivity contribution is 6.74. The SMILES string of the molecule is C=C1C[C@H](C[C@@H]2CC(=C)C[C@H](C=CC(C)(C)[C@]3(OC)O[C@H](C[C@@H](O[Si](C)(C)C(C)(C)C)[C@@H](C)OCOCc4ccccc4)CCC3=O)O2)O[C@H](C[C@H](CC=O)OCc2ccc(OC)cc2)C1. The van der Waals surface area contributed by atoms with Gasteiger partial charge >= 0.3 is 0 Å². The maximum absolute atomic E-state index is 14.0. The Morgan fingerprint density at radius 1 is 0.833 bits per heavy atom. The summed E-state index contributed by atoms with van der Waals surface area (Å²) in [5.41, 5.74) is 3.45. The molecule has 5 rings (SSSR count). The molecular weight excluding hydrogens is 853 g/mol. The van der Waals surface area contributed by atoms with E-state index in [0.29, 0.717) is 51.7 Å². The first kappa shape index (κ1) is 53.6. The number of ketones is 1. The smallest absolute Gasteiger partial charge is 0.237 e. The maximum atomic E-state index is 14.0. The number of hydrogen-bond acceptors (Lipinski definition) is 11. The highest BCUT2D eigenvalue weighted by Crippen LogP contribution is 2.45. The predicted octanol–water partition coefficient (Wildman–Crippen LogP) is 11.2. The molecule has 0 aromatic heterocycles. The second-order valence-electron chi connectivity index (χ2n) is 20.7. The summed E-state index contributed by atoms with van der Waals surface area (Å²) >= 11 is 0. The van der Waals surface area contributed by atoms with Gasteiger partial charge in [0.2, 0.25) is 5.79 Å². The molecule has 366 valence electrons. The predicted molar refractivity (Wildman–Crippen MR) is 261 cm³/mol. The van der Waals surface area contributed by atoms with Crippen LogP contribution in [0.3, 0.4) is 0 Å². The van der Waals surface area contributed by atoms with Gasteiger partial charge in [-0.2, -0.15) is 0 Å². The van der Waals surface area contributed by atoms with Crippen molar-refractivity contribution in [3.05, 3.63) is 102 Å². The van der Waals surface area contributed by atoms with Crippen molar-refractivity contribution in [1.29, 1.82) is 0 Å². The number of Topliss-reactive ketones (excluding diaryl/α,β-unsaturated/α-hetero) is 1. The normalized spacial score (nSPS) is 26.0. The average Bonchev–Trinajstić information content (AvgIpc) is 3.26. The molecule has 3 aliphatic rings. The van der Waals surface area contributed by atoms with E-state index in [4.69, 9.17) is 42.3 Å². The summed E-state index contributed by atoms with van der Waals surface area (Å²) in [5.74, 6) is -0.826. The van der Waals surface area contributed by atoms with E-state index in [1.807, 2.05) is 87.5 Å². The maximum Gasteiger partial charge on any atom is 0.237 e. The van der Waals surface area contributed by atoms with Crippen LogP contribution in [0, 0.1) is 5.41 Å². The molecule has 2 aromatic rings. The van der Waals surface area contributed by atoms with Gasteiger partial charge in [-0.15, -0.1) is 0 Å². The molecule has 11 nitrogen and oxygen atoms in total. The lowest BCUT2D eigenvalue weighted by atomic mass is 9.76. The number of carbonyl (C=O) groups excluding carboxylic acids is 2. The van der Waals surface area contributed by atoms with E-state index >= 15 is 0 Å². The lowest BCUT2D eigenvalue weighted by Crippen LogP contribution is -2.59. The zero-order valence-corrected chi connectivity index (χ0v) is 42.6. The summed E-state index contributed by atoms with van der Waals surface area (Å²) in [6, 6.07) is 17.8. The van der Waals surface area contributed by atoms with Crippen molar-refractivity contribution in [3.8, 4) is 5.75 Å². The minimum Gasteiger partial charge on any atom is -0.497 e. The fraction of sp³-hybridized carbons (Fsp3) is 0.630. The number of hydrogen-bond donors (Lipinski definition) is 0. The van der Waals surface area contributed by atoms with E-state index in [1.165, 1.54) is 0 Å². The van der Waals surface area contributed by atoms with E-state index in [2.05, 4.69) is 47.0 Å². The molecule has 0 N–H and O–H groups in total. The molecule has 0 unspecified atom stereocenters. The van der Waals surface area contributed by atoms with Crippen molar-refractivity contribution < 1.29 is 51.9 Å². The fourth-order valence-corrected chi connectivity index (χ4v) is 10.4. The first-order valence-corrected chi connectivity index (χ1v) is 26.9. The molecular formula is C54H80O11Si. The van der Waals surface area contributed by atoms with E-state index in [9.17, 15) is 9.59 Å². The second-order valence-corrected chi connectivity index (χ2v) is 25.5. The van der Waals surface area contributed by atoms with Crippen molar-refractivity contribution in [2.24, 2.45) is 5.41 Å². The van der Waals surface area contributed by atoms with Crippen LogP contribution < -0.4 is 4.74 Å². The van der Waals surface area contributed by atoms with Crippen LogP contribution in [-0.4, -0.2) is 96.0 Å². The monoisotopic (exact) mass is 933 g/mol. The van der Waals surface area contributed by atoms with Gasteiger partial charge in [-0.3, -0.25) is 4.79 Å². The third kappa shape index (κ3) is 15.1. The number of carbonyl (C=O) groups is 2. The molecule has 9 atom stereocenters. The number of methoxy groups -OCH3 is 2. The van der Waals surface area contributed by atoms with E-state index in [1.54, 1.807) is 14.2 Å². The Hall–Kier alpha value is -3.30. The van der Waals surface area contributed by atoms with Gasteiger partial charge in [0.1, 0.15) is 18.8 Å². The van der Waals surface area contributed by atoms with Crippen molar-refractivity contribution in [3.63, 3.8) is 0 Å². The zero-order valence-electron chi connectivity index (χ0n) is 41.6. The highest BCUT2D eigenvalue weighted by Gasteiger charge is 2.55. The zero-order chi connectivity index (χ0) is 48.1. The number of rotatable bonds is 24. The minimum absolute atomic E-state index is 0.0247. The molecule has 0 bridgehead atoms. The van der Waals surface area contributed by atoms with E-state index < -0.39 is 19.5 Å². The Balaban J connectivity index is 1.21. The van der Waals surface area contributed by atoms with Crippen molar-refractivity contribution >= 4 is 20.4 Å². The standard InChI is InChI=1S/C54H80O11Si/c1-38-28-45(62-48(29-38)33-49-31-39(2)30-47(63-49)32-44(25-27-55)60-36-42-18-20-43(57-9)21-19-42)24-26-53(7,8)54(58-10)51(56)23-22-46(64-54)34-50(65-66(11,12)52(4,5)6)40(3)61-37-59-35-41-16-14-13-15-17-41/h13-21,24,26-27,40,44-50H,1-2,22-23,25,28-37H2,3-12H3/t40-,44+,45+,46+,47+,48+,49-,50-,54-/m1/s1. The highest BCUT2D eigenvalue weighted by atomic mass is 28.4. The number of aldehydes is 1. The Morgan fingerprint density at radius 2 is 1.48 bits per heavy atom.